The van der Waals surface area contributed by atoms with Gasteiger partial charge in [0.2, 0.25) is 5.91 Å². The van der Waals surface area contributed by atoms with Gasteiger partial charge in [0.15, 0.2) is 5.13 Å². The summed E-state index contributed by atoms with van der Waals surface area (Å²) in [5, 5.41) is 4.33. The van der Waals surface area contributed by atoms with Gasteiger partial charge in [-0.25, -0.2) is 4.98 Å². The van der Waals surface area contributed by atoms with Gasteiger partial charge in [-0.2, -0.15) is 0 Å². The van der Waals surface area contributed by atoms with Crippen molar-refractivity contribution in [1.29, 1.82) is 0 Å². The zero-order valence-electron chi connectivity index (χ0n) is 14.5. The maximum atomic E-state index is 12.7. The largest absolute Gasteiger partial charge is 0.360 e. The van der Waals surface area contributed by atoms with Crippen LogP contribution in [0.25, 0.3) is 10.9 Å². The van der Waals surface area contributed by atoms with Crippen molar-refractivity contribution in [2.45, 2.75) is 25.7 Å². The number of aromatic amines is 1. The van der Waals surface area contributed by atoms with Crippen molar-refractivity contribution in [3.8, 4) is 0 Å². The summed E-state index contributed by atoms with van der Waals surface area (Å²) in [6.45, 7) is -0.0113. The normalized spacial score (nSPS) is 13.4. The van der Waals surface area contributed by atoms with Gasteiger partial charge >= 0.3 is 0 Å². The molecule has 0 saturated carbocycles. The minimum Gasteiger partial charge on any atom is -0.360 e. The van der Waals surface area contributed by atoms with Crippen LogP contribution in [0.15, 0.2) is 30.5 Å². The molecule has 0 radical (unpaired) electrons. The molecule has 2 aromatic heterocycles. The van der Waals surface area contributed by atoms with E-state index in [0.29, 0.717) is 10.7 Å². The van der Waals surface area contributed by atoms with Crippen molar-refractivity contribution < 1.29 is 9.59 Å². The standard InChI is InChI=1S/C19H20N4O2S/c1-23(18(25)13-10-20-14-7-3-2-6-12(13)14)11-17(24)22-19-21-15-8-4-5-9-16(15)26-19/h2-3,6-7,10,20H,4-5,8-9,11H2,1H3,(H,21,22,24). The van der Waals surface area contributed by atoms with Crippen LogP contribution in [0.4, 0.5) is 5.13 Å². The van der Waals surface area contributed by atoms with Crippen molar-refractivity contribution >= 4 is 39.2 Å². The molecule has 0 saturated heterocycles. The van der Waals surface area contributed by atoms with Crippen LogP contribution >= 0.6 is 11.3 Å². The fourth-order valence-electron chi connectivity index (χ4n) is 3.31. The Hall–Kier alpha value is -2.67. The molecule has 6 nitrogen and oxygen atoms in total. The molecule has 1 aliphatic rings. The monoisotopic (exact) mass is 368 g/mol. The number of rotatable bonds is 4. The first-order valence-corrected chi connectivity index (χ1v) is 9.53. The van der Waals surface area contributed by atoms with E-state index in [0.717, 1.165) is 35.9 Å². The lowest BCUT2D eigenvalue weighted by atomic mass is 10.0. The van der Waals surface area contributed by atoms with Crippen LogP contribution in [0.2, 0.25) is 0 Å². The summed E-state index contributed by atoms with van der Waals surface area (Å²) in [5.74, 6) is -0.414. The third kappa shape index (κ3) is 3.22. The van der Waals surface area contributed by atoms with Crippen molar-refractivity contribution in [3.63, 3.8) is 0 Å². The van der Waals surface area contributed by atoms with E-state index >= 15 is 0 Å². The molecular formula is C19H20N4O2S. The third-order valence-electron chi connectivity index (χ3n) is 4.64. The van der Waals surface area contributed by atoms with Crippen LogP contribution in [0.5, 0.6) is 0 Å². The van der Waals surface area contributed by atoms with Crippen LogP contribution < -0.4 is 5.32 Å². The van der Waals surface area contributed by atoms with Crippen LogP contribution in [-0.4, -0.2) is 40.3 Å². The Bertz CT molecular complexity index is 951. The van der Waals surface area contributed by atoms with Crippen LogP contribution in [-0.2, 0) is 17.6 Å². The molecule has 1 aromatic carbocycles. The number of carbonyl (C=O) groups excluding carboxylic acids is 2. The zero-order valence-corrected chi connectivity index (χ0v) is 15.4. The van der Waals surface area contributed by atoms with Gasteiger partial charge in [-0.3, -0.25) is 9.59 Å². The molecule has 2 amide bonds. The highest BCUT2D eigenvalue weighted by molar-refractivity contribution is 7.15. The first kappa shape index (κ1) is 16.8. The second-order valence-corrected chi connectivity index (χ2v) is 7.64. The van der Waals surface area contributed by atoms with Gasteiger partial charge in [0, 0.05) is 29.0 Å². The van der Waals surface area contributed by atoms with E-state index in [9.17, 15) is 9.59 Å². The number of para-hydroxylation sites is 1. The Balaban J connectivity index is 1.42. The fraction of sp³-hybridized carbons (Fsp3) is 0.316. The summed E-state index contributed by atoms with van der Waals surface area (Å²) in [6.07, 6.45) is 6.06. The highest BCUT2D eigenvalue weighted by atomic mass is 32.1. The van der Waals surface area contributed by atoms with E-state index in [1.54, 1.807) is 24.6 Å². The van der Waals surface area contributed by atoms with E-state index in [4.69, 9.17) is 0 Å². The van der Waals surface area contributed by atoms with Crippen molar-refractivity contribution in [2.24, 2.45) is 0 Å². The summed E-state index contributed by atoms with van der Waals surface area (Å²) in [4.78, 5) is 35.3. The molecule has 7 heteroatoms. The summed E-state index contributed by atoms with van der Waals surface area (Å²) in [6, 6.07) is 7.62. The summed E-state index contributed by atoms with van der Waals surface area (Å²) in [7, 11) is 1.64. The Morgan fingerprint density at radius 2 is 2.08 bits per heavy atom. The smallest absolute Gasteiger partial charge is 0.256 e. The van der Waals surface area contributed by atoms with Crippen LogP contribution in [0, 0.1) is 0 Å². The van der Waals surface area contributed by atoms with Gasteiger partial charge in [0.25, 0.3) is 5.91 Å². The molecule has 0 fully saturated rings. The Morgan fingerprint density at radius 1 is 1.27 bits per heavy atom. The predicted molar refractivity (Wildman–Crippen MR) is 103 cm³/mol. The topological polar surface area (TPSA) is 78.1 Å². The number of aromatic nitrogens is 2. The molecular weight excluding hydrogens is 348 g/mol. The number of H-pyrrole nitrogens is 1. The fourth-order valence-corrected chi connectivity index (χ4v) is 4.37. The number of carbonyl (C=O) groups is 2. The van der Waals surface area contributed by atoms with Gasteiger partial charge in [0.1, 0.15) is 0 Å². The Labute approximate surface area is 155 Å². The Morgan fingerprint density at radius 3 is 2.92 bits per heavy atom. The van der Waals surface area contributed by atoms with E-state index in [1.165, 1.54) is 16.2 Å². The Kier molecular flexibility index (Phi) is 4.46. The van der Waals surface area contributed by atoms with Gasteiger partial charge < -0.3 is 15.2 Å². The highest BCUT2D eigenvalue weighted by Gasteiger charge is 2.20. The molecule has 26 heavy (non-hydrogen) atoms. The lowest BCUT2D eigenvalue weighted by Gasteiger charge is -2.15. The number of nitrogens with one attached hydrogen (secondary N) is 2. The van der Waals surface area contributed by atoms with Crippen LogP contribution in [0.1, 0.15) is 33.8 Å². The molecule has 0 unspecified atom stereocenters. The highest BCUT2D eigenvalue weighted by Crippen LogP contribution is 2.29. The van der Waals surface area contributed by atoms with Gasteiger partial charge in [-0.05, 0) is 31.7 Å². The number of amides is 2. The molecule has 4 rings (SSSR count). The van der Waals surface area contributed by atoms with Crippen molar-refractivity contribution in [3.05, 3.63) is 46.6 Å². The van der Waals surface area contributed by atoms with E-state index in [1.807, 2.05) is 24.3 Å². The number of nitrogens with zero attached hydrogens (tertiary/aromatic N) is 2. The average molecular weight is 368 g/mol. The number of benzene rings is 1. The molecule has 2 N–H and O–H groups in total. The number of hydrogen-bond acceptors (Lipinski definition) is 4. The van der Waals surface area contributed by atoms with Crippen LogP contribution in [0.3, 0.4) is 0 Å². The SMILES string of the molecule is CN(CC(=O)Nc1nc2c(s1)CCCC2)C(=O)c1c[nH]c2ccccc12. The predicted octanol–water partition coefficient (Wildman–Crippen LogP) is 3.21. The number of anilines is 1. The molecule has 3 aromatic rings. The number of likely N-dealkylation sites (N-methyl/N-ethyl adjacent to an activating group) is 1. The van der Waals surface area contributed by atoms with E-state index in [-0.39, 0.29) is 18.4 Å². The van der Waals surface area contributed by atoms with Gasteiger partial charge in [0.05, 0.1) is 17.8 Å². The summed E-state index contributed by atoms with van der Waals surface area (Å²) in [5.41, 5.74) is 2.59. The first-order valence-electron chi connectivity index (χ1n) is 8.72. The maximum Gasteiger partial charge on any atom is 0.256 e. The van der Waals surface area contributed by atoms with Crippen molar-refractivity contribution in [2.75, 3.05) is 18.9 Å². The average Bonchev–Trinajstić information content (AvgIpc) is 3.24. The van der Waals surface area contributed by atoms with Gasteiger partial charge in [-0.15, -0.1) is 11.3 Å². The first-order chi connectivity index (χ1) is 12.6. The quantitative estimate of drug-likeness (QED) is 0.742. The second kappa shape index (κ2) is 6.92. The molecule has 0 spiro atoms. The number of thiazole rings is 1. The molecule has 0 bridgehead atoms. The lowest BCUT2D eigenvalue weighted by molar-refractivity contribution is -0.116. The lowest BCUT2D eigenvalue weighted by Crippen LogP contribution is -2.34. The van der Waals surface area contributed by atoms with E-state index < -0.39 is 0 Å². The maximum absolute atomic E-state index is 12.7. The molecule has 2 heterocycles. The second-order valence-electron chi connectivity index (χ2n) is 6.55. The van der Waals surface area contributed by atoms with Gasteiger partial charge in [-0.1, -0.05) is 18.2 Å². The number of hydrogen-bond donors (Lipinski definition) is 2. The number of fused-ring (bicyclic) bond motifs is 2. The zero-order chi connectivity index (χ0) is 18.1. The molecule has 0 aliphatic heterocycles. The van der Waals surface area contributed by atoms with Crippen molar-refractivity contribution in [1.82, 2.24) is 14.9 Å². The third-order valence-corrected chi connectivity index (χ3v) is 5.71. The molecule has 0 atom stereocenters. The van der Waals surface area contributed by atoms with E-state index in [2.05, 4.69) is 15.3 Å². The number of aryl methyl sites for hydroxylation is 2. The molecule has 134 valence electrons. The molecule has 1 aliphatic carbocycles. The summed E-state index contributed by atoms with van der Waals surface area (Å²) < 4.78 is 0. The minimum atomic E-state index is -0.230. The summed E-state index contributed by atoms with van der Waals surface area (Å²) >= 11 is 1.55. The minimum absolute atomic E-state index is 0.0113.